The minimum absolute atomic E-state index is 0.0303. The first kappa shape index (κ1) is 48.2. The van der Waals surface area contributed by atoms with Gasteiger partial charge < -0.3 is 34.2 Å². The number of nitrogens with one attached hydrogen (secondary N) is 1. The molecule has 3 amide bonds. The monoisotopic (exact) mass is 960 g/mol. The third kappa shape index (κ3) is 12.6. The molecular weight excluding hydrogens is 906 g/mol. The number of rotatable bonds is 8. The van der Waals surface area contributed by atoms with Crippen molar-refractivity contribution in [2.24, 2.45) is 0 Å². The summed E-state index contributed by atoms with van der Waals surface area (Å²) >= 11 is 24.1. The van der Waals surface area contributed by atoms with Crippen molar-refractivity contribution in [2.75, 3.05) is 40.3 Å². The van der Waals surface area contributed by atoms with Crippen LogP contribution in [0.25, 0.3) is 11.1 Å². The smallest absolute Gasteiger partial charge is 0.410 e. The van der Waals surface area contributed by atoms with Crippen LogP contribution >= 0.6 is 46.4 Å². The second-order valence-electron chi connectivity index (χ2n) is 17.9. The van der Waals surface area contributed by atoms with Crippen LogP contribution in [0.4, 0.5) is 14.4 Å². The molecule has 2 unspecified atom stereocenters. The predicted octanol–water partition coefficient (Wildman–Crippen LogP) is 12.9. The molecule has 65 heavy (non-hydrogen) atoms. The zero-order valence-electron chi connectivity index (χ0n) is 37.5. The number of carbonyl (C=O) groups is 3. The molecule has 1 N–H and O–H groups in total. The van der Waals surface area contributed by atoms with Crippen molar-refractivity contribution in [1.29, 1.82) is 0 Å². The van der Waals surface area contributed by atoms with E-state index >= 15 is 0 Å². The lowest BCUT2D eigenvalue weighted by molar-refractivity contribution is 0.0270. The molecule has 0 bridgehead atoms. The van der Waals surface area contributed by atoms with E-state index in [1.807, 2.05) is 27.8 Å². The van der Waals surface area contributed by atoms with Gasteiger partial charge in [0.2, 0.25) is 0 Å². The summed E-state index contributed by atoms with van der Waals surface area (Å²) in [5.74, 6) is 0. The van der Waals surface area contributed by atoms with Crippen molar-refractivity contribution in [3.05, 3.63) is 150 Å². The lowest BCUT2D eigenvalue weighted by Gasteiger charge is -2.30. The summed E-state index contributed by atoms with van der Waals surface area (Å²) in [5.41, 5.74) is 10.9. The van der Waals surface area contributed by atoms with E-state index in [9.17, 15) is 14.4 Å². The molecule has 0 fully saturated rings. The molecule has 0 aromatic heterocycles. The fourth-order valence-electron chi connectivity index (χ4n) is 8.81. The van der Waals surface area contributed by atoms with Gasteiger partial charge in [-0.2, -0.15) is 0 Å². The van der Waals surface area contributed by atoms with Crippen LogP contribution in [0.2, 0.25) is 20.1 Å². The Labute approximate surface area is 402 Å². The van der Waals surface area contributed by atoms with Gasteiger partial charge in [0.1, 0.15) is 18.8 Å². The van der Waals surface area contributed by atoms with Crippen LogP contribution in [-0.2, 0) is 40.3 Å². The van der Waals surface area contributed by atoms with E-state index in [2.05, 4.69) is 53.9 Å². The second-order valence-corrected chi connectivity index (χ2v) is 19.7. The highest BCUT2D eigenvalue weighted by Crippen LogP contribution is 2.39. The van der Waals surface area contributed by atoms with E-state index < -0.39 is 5.60 Å². The molecular formula is C51H56Cl4N4O6. The molecule has 8 rings (SSSR count). The largest absolute Gasteiger partial charge is 0.445 e. The molecule has 344 valence electrons. The Bertz CT molecular complexity index is 2440. The molecule has 4 aromatic carbocycles. The Morgan fingerprint density at radius 2 is 1.14 bits per heavy atom. The number of amides is 3. The number of aryl methyl sites for hydroxylation is 2. The number of nitrogens with zero attached hydrogens (tertiary/aromatic N) is 3. The molecule has 0 spiro atoms. The van der Waals surface area contributed by atoms with E-state index in [-0.39, 0.29) is 43.6 Å². The molecule has 4 aromatic rings. The van der Waals surface area contributed by atoms with Crippen LogP contribution < -0.4 is 5.32 Å². The van der Waals surface area contributed by atoms with E-state index in [0.717, 1.165) is 73.9 Å². The normalized spacial score (nSPS) is 17.7. The SMILES string of the molecule is CN(C(=O)OCc1cc(Cl)cc(Cl)c1)C1CCc2ccc(C3=CCN(C(=O)OC(C)(C)C)CC3)cc21.CN(C(=O)OCc1cc(Cl)cc(Cl)c1)C1CCc2ccc(C3=CCNCC3)cc21. The van der Waals surface area contributed by atoms with Crippen molar-refractivity contribution in [3.63, 3.8) is 0 Å². The highest BCUT2D eigenvalue weighted by Gasteiger charge is 2.32. The van der Waals surface area contributed by atoms with Crippen LogP contribution in [0.1, 0.15) is 103 Å². The molecule has 14 heteroatoms. The van der Waals surface area contributed by atoms with Gasteiger partial charge in [0.15, 0.2) is 0 Å². The number of fused-ring (bicyclic) bond motifs is 2. The number of benzene rings is 4. The van der Waals surface area contributed by atoms with E-state index in [0.29, 0.717) is 33.2 Å². The lowest BCUT2D eigenvalue weighted by atomic mass is 9.95. The molecule has 0 saturated heterocycles. The van der Waals surface area contributed by atoms with Crippen LogP contribution in [0.5, 0.6) is 0 Å². The number of carbonyl (C=O) groups excluding carboxylic acids is 3. The maximum absolute atomic E-state index is 12.8. The van der Waals surface area contributed by atoms with Crippen molar-refractivity contribution >= 4 is 75.8 Å². The van der Waals surface area contributed by atoms with Gasteiger partial charge in [0, 0.05) is 53.8 Å². The van der Waals surface area contributed by atoms with Gasteiger partial charge in [0.25, 0.3) is 0 Å². The minimum atomic E-state index is -0.509. The van der Waals surface area contributed by atoms with Gasteiger partial charge in [-0.15, -0.1) is 0 Å². The molecule has 2 atom stereocenters. The van der Waals surface area contributed by atoms with Gasteiger partial charge in [-0.3, -0.25) is 0 Å². The fraction of sp³-hybridized carbons (Fsp3) is 0.392. The quantitative estimate of drug-likeness (QED) is 0.176. The average molecular weight is 963 g/mol. The molecule has 2 aliphatic carbocycles. The number of halogens is 4. The first-order valence-electron chi connectivity index (χ1n) is 22.0. The zero-order valence-corrected chi connectivity index (χ0v) is 40.5. The van der Waals surface area contributed by atoms with Gasteiger partial charge in [-0.1, -0.05) is 82.8 Å². The Hall–Kier alpha value is -4.71. The summed E-state index contributed by atoms with van der Waals surface area (Å²) in [6, 6.07) is 23.4. The topological polar surface area (TPSA) is 101 Å². The maximum atomic E-state index is 12.8. The number of hydrogen-bond acceptors (Lipinski definition) is 7. The Balaban J connectivity index is 0.000000198. The predicted molar refractivity (Wildman–Crippen MR) is 260 cm³/mol. The summed E-state index contributed by atoms with van der Waals surface area (Å²) in [6.45, 7) is 8.91. The minimum Gasteiger partial charge on any atom is -0.445 e. The molecule has 2 aliphatic heterocycles. The van der Waals surface area contributed by atoms with Gasteiger partial charge in [0.05, 0.1) is 12.1 Å². The van der Waals surface area contributed by atoms with Gasteiger partial charge in [-0.05, 0) is 170 Å². The van der Waals surface area contributed by atoms with Crippen LogP contribution in [0.3, 0.4) is 0 Å². The molecule has 0 radical (unpaired) electrons. The first-order chi connectivity index (χ1) is 31.0. The average Bonchev–Trinajstić information content (AvgIpc) is 3.90. The molecule has 10 nitrogen and oxygen atoms in total. The van der Waals surface area contributed by atoms with Crippen LogP contribution in [-0.4, -0.2) is 78.9 Å². The number of hydrogen-bond donors (Lipinski definition) is 1. The molecule has 0 saturated carbocycles. The lowest BCUT2D eigenvalue weighted by Crippen LogP contribution is -2.39. The Morgan fingerprint density at radius 3 is 1.55 bits per heavy atom. The second kappa shape index (κ2) is 21.3. The van der Waals surface area contributed by atoms with E-state index in [4.69, 9.17) is 60.6 Å². The van der Waals surface area contributed by atoms with Crippen molar-refractivity contribution in [3.8, 4) is 0 Å². The zero-order chi connectivity index (χ0) is 46.4. The summed E-state index contributed by atoms with van der Waals surface area (Å²) < 4.78 is 16.6. The summed E-state index contributed by atoms with van der Waals surface area (Å²) in [6.07, 6.45) is 8.75. The first-order valence-corrected chi connectivity index (χ1v) is 23.5. The molecule has 4 aliphatic rings. The fourth-order valence-corrected chi connectivity index (χ4v) is 9.95. The van der Waals surface area contributed by atoms with Crippen molar-refractivity contribution in [1.82, 2.24) is 20.0 Å². The standard InChI is InChI=1S/C28H32Cl2N2O4.C23H24Cl2N2O2/c1-28(2,3)36-27(34)32-11-9-19(10-12-32)21-6-5-20-7-8-25(24(20)15-21)31(4)26(33)35-17-18-13-22(29)16-23(30)14-18;1-27(23(28)29-14-15-10-19(24)13-20(25)11-15)22-5-4-17-2-3-18(12-21(17)22)16-6-8-26-9-7-16/h5-6,9,13-16,25H,7-8,10-12,17H2,1-4H3;2-3,6,10-13,22,26H,4-5,7-9,14H2,1H3. The van der Waals surface area contributed by atoms with Crippen LogP contribution in [0, 0.1) is 0 Å². The maximum Gasteiger partial charge on any atom is 0.410 e. The van der Waals surface area contributed by atoms with Crippen molar-refractivity contribution < 1.29 is 28.6 Å². The van der Waals surface area contributed by atoms with Crippen molar-refractivity contribution in [2.45, 2.75) is 90.2 Å². The van der Waals surface area contributed by atoms with Gasteiger partial charge >= 0.3 is 18.3 Å². The highest BCUT2D eigenvalue weighted by atomic mass is 35.5. The van der Waals surface area contributed by atoms with E-state index in [1.54, 1.807) is 58.1 Å². The van der Waals surface area contributed by atoms with Gasteiger partial charge in [-0.25, -0.2) is 14.4 Å². The third-order valence-electron chi connectivity index (χ3n) is 12.1. The summed E-state index contributed by atoms with van der Waals surface area (Å²) in [4.78, 5) is 43.0. The number of ether oxygens (including phenoxy) is 3. The van der Waals surface area contributed by atoms with Crippen LogP contribution in [0.15, 0.2) is 84.9 Å². The third-order valence-corrected chi connectivity index (χ3v) is 13.0. The summed E-state index contributed by atoms with van der Waals surface area (Å²) in [5, 5.41) is 5.42. The highest BCUT2D eigenvalue weighted by molar-refractivity contribution is 6.35. The molecule has 2 heterocycles. The Morgan fingerprint density at radius 1 is 0.662 bits per heavy atom. The summed E-state index contributed by atoms with van der Waals surface area (Å²) in [7, 11) is 3.59. The Kier molecular flexibility index (Phi) is 15.8. The van der Waals surface area contributed by atoms with E-state index in [1.165, 1.54) is 33.4 Å².